The molecule has 148 valence electrons. The van der Waals surface area contributed by atoms with E-state index >= 15 is 0 Å². The second kappa shape index (κ2) is 11.0. The van der Waals surface area contributed by atoms with Gasteiger partial charge >= 0.3 is 0 Å². The predicted molar refractivity (Wildman–Crippen MR) is 114 cm³/mol. The van der Waals surface area contributed by atoms with Gasteiger partial charge in [0.15, 0.2) is 0 Å². The molecule has 0 atom stereocenters. The topological polar surface area (TPSA) is 70.6 Å². The van der Waals surface area contributed by atoms with E-state index in [0.29, 0.717) is 11.3 Å². The van der Waals surface area contributed by atoms with Crippen LogP contribution in [0.25, 0.3) is 0 Å². The van der Waals surface area contributed by atoms with Crippen molar-refractivity contribution in [2.24, 2.45) is 11.0 Å². The van der Waals surface area contributed by atoms with E-state index in [9.17, 15) is 9.59 Å². The number of amides is 2. The molecule has 0 fully saturated rings. The summed E-state index contributed by atoms with van der Waals surface area (Å²) in [5, 5.41) is 7.19. The average Bonchev–Trinajstić information content (AvgIpc) is 2.71. The van der Waals surface area contributed by atoms with E-state index in [-0.39, 0.29) is 17.7 Å². The van der Waals surface area contributed by atoms with Crippen molar-refractivity contribution in [3.05, 3.63) is 65.7 Å². The van der Waals surface area contributed by atoms with Gasteiger partial charge in [0.25, 0.3) is 5.91 Å². The number of carbonyl (C=O) groups is 2. The van der Waals surface area contributed by atoms with Crippen LogP contribution in [0.15, 0.2) is 59.7 Å². The van der Waals surface area contributed by atoms with Gasteiger partial charge in [-0.25, -0.2) is 5.43 Å². The first kappa shape index (κ1) is 21.4. The standard InChI is InChI=1S/C23H29N3O2/c1-4-5-7-12-21(18-10-8-6-9-11-18)25-26-23(28)19-13-15-20(16-14-19)24-22(27)17(2)3/h6,8-11,13-17H,4-5,7,12H2,1-3H3,(H,24,27)(H,26,28)/b25-21-. The summed E-state index contributed by atoms with van der Waals surface area (Å²) in [5.41, 5.74) is 5.72. The lowest BCUT2D eigenvalue weighted by atomic mass is 10.0. The Balaban J connectivity index is 2.05. The third-order valence-corrected chi connectivity index (χ3v) is 4.36. The lowest BCUT2D eigenvalue weighted by Crippen LogP contribution is -2.20. The minimum Gasteiger partial charge on any atom is -0.326 e. The van der Waals surface area contributed by atoms with Gasteiger partial charge in [0.2, 0.25) is 5.91 Å². The van der Waals surface area contributed by atoms with Crippen molar-refractivity contribution in [1.82, 2.24) is 5.43 Å². The van der Waals surface area contributed by atoms with Crippen molar-refractivity contribution in [2.45, 2.75) is 46.5 Å². The maximum absolute atomic E-state index is 12.4. The number of rotatable bonds is 9. The number of nitrogens with zero attached hydrogens (tertiary/aromatic N) is 1. The molecule has 2 N–H and O–H groups in total. The lowest BCUT2D eigenvalue weighted by Gasteiger charge is -2.09. The molecule has 0 bridgehead atoms. The van der Waals surface area contributed by atoms with Gasteiger partial charge in [-0.15, -0.1) is 0 Å². The number of carbonyl (C=O) groups excluding carboxylic acids is 2. The third kappa shape index (κ3) is 6.65. The summed E-state index contributed by atoms with van der Waals surface area (Å²) in [5.74, 6) is -0.423. The molecule has 5 heteroatoms. The second-order valence-corrected chi connectivity index (χ2v) is 7.04. The first-order chi connectivity index (χ1) is 13.5. The van der Waals surface area contributed by atoms with Crippen LogP contribution in [0.4, 0.5) is 5.69 Å². The predicted octanol–water partition coefficient (Wildman–Crippen LogP) is 5.00. The van der Waals surface area contributed by atoms with Crippen molar-refractivity contribution < 1.29 is 9.59 Å². The van der Waals surface area contributed by atoms with E-state index in [1.165, 1.54) is 0 Å². The number of unbranched alkanes of at least 4 members (excludes halogenated alkanes) is 2. The Morgan fingerprint density at radius 2 is 1.61 bits per heavy atom. The van der Waals surface area contributed by atoms with Crippen molar-refractivity contribution in [3.63, 3.8) is 0 Å². The SMILES string of the molecule is CCCCC/C(=N/NC(=O)c1ccc(NC(=O)C(C)C)cc1)c1ccccc1. The zero-order valence-corrected chi connectivity index (χ0v) is 16.9. The molecular formula is C23H29N3O2. The minimum absolute atomic E-state index is 0.0543. The highest BCUT2D eigenvalue weighted by atomic mass is 16.2. The molecule has 2 amide bonds. The number of anilines is 1. The molecule has 0 saturated heterocycles. The molecule has 2 aromatic rings. The summed E-state index contributed by atoms with van der Waals surface area (Å²) < 4.78 is 0. The molecule has 0 radical (unpaired) electrons. The third-order valence-electron chi connectivity index (χ3n) is 4.36. The van der Waals surface area contributed by atoms with E-state index in [0.717, 1.165) is 37.0 Å². The maximum Gasteiger partial charge on any atom is 0.271 e. The molecule has 0 saturated carbocycles. The zero-order chi connectivity index (χ0) is 20.4. The average molecular weight is 380 g/mol. The van der Waals surface area contributed by atoms with Gasteiger partial charge in [0, 0.05) is 17.2 Å². The number of hydrogen-bond donors (Lipinski definition) is 2. The molecule has 5 nitrogen and oxygen atoms in total. The van der Waals surface area contributed by atoms with E-state index in [4.69, 9.17) is 0 Å². The number of benzene rings is 2. The molecule has 0 aliphatic carbocycles. The zero-order valence-electron chi connectivity index (χ0n) is 16.9. The Hall–Kier alpha value is -2.95. The van der Waals surface area contributed by atoms with Crippen LogP contribution in [0.3, 0.4) is 0 Å². The van der Waals surface area contributed by atoms with Crippen molar-refractivity contribution in [1.29, 1.82) is 0 Å². The van der Waals surface area contributed by atoms with E-state index in [1.807, 2.05) is 44.2 Å². The number of nitrogens with one attached hydrogen (secondary N) is 2. The Kier molecular flexibility index (Phi) is 8.40. The van der Waals surface area contributed by atoms with Crippen LogP contribution in [-0.2, 0) is 4.79 Å². The van der Waals surface area contributed by atoms with Crippen molar-refractivity contribution >= 4 is 23.2 Å². The second-order valence-electron chi connectivity index (χ2n) is 7.04. The monoisotopic (exact) mass is 379 g/mol. The molecule has 0 aliphatic rings. The molecule has 0 unspecified atom stereocenters. The first-order valence-corrected chi connectivity index (χ1v) is 9.84. The highest BCUT2D eigenvalue weighted by Gasteiger charge is 2.10. The molecule has 0 heterocycles. The van der Waals surface area contributed by atoms with E-state index < -0.39 is 0 Å². The summed E-state index contributed by atoms with van der Waals surface area (Å²) in [4.78, 5) is 24.2. The van der Waals surface area contributed by atoms with Crippen LogP contribution in [0.1, 0.15) is 62.4 Å². The summed E-state index contributed by atoms with van der Waals surface area (Å²) in [6.07, 6.45) is 4.11. The summed E-state index contributed by atoms with van der Waals surface area (Å²) in [6, 6.07) is 16.7. The molecule has 0 spiro atoms. The molecule has 0 aliphatic heterocycles. The number of hydrazone groups is 1. The van der Waals surface area contributed by atoms with Crippen LogP contribution < -0.4 is 10.7 Å². The molecule has 2 rings (SSSR count). The van der Waals surface area contributed by atoms with Gasteiger partial charge in [-0.05, 0) is 42.7 Å². The molecular weight excluding hydrogens is 350 g/mol. The van der Waals surface area contributed by atoms with Crippen LogP contribution >= 0.6 is 0 Å². The van der Waals surface area contributed by atoms with Crippen LogP contribution in [0.5, 0.6) is 0 Å². The Labute approximate surface area is 167 Å². The van der Waals surface area contributed by atoms with Crippen LogP contribution in [-0.4, -0.2) is 17.5 Å². The van der Waals surface area contributed by atoms with Gasteiger partial charge in [-0.1, -0.05) is 63.9 Å². The van der Waals surface area contributed by atoms with Gasteiger partial charge in [-0.2, -0.15) is 5.10 Å². The smallest absolute Gasteiger partial charge is 0.271 e. The van der Waals surface area contributed by atoms with Gasteiger partial charge in [0.1, 0.15) is 0 Å². The van der Waals surface area contributed by atoms with Gasteiger partial charge < -0.3 is 5.32 Å². The highest BCUT2D eigenvalue weighted by molar-refractivity contribution is 6.02. The number of hydrogen-bond acceptors (Lipinski definition) is 3. The quantitative estimate of drug-likeness (QED) is 0.366. The van der Waals surface area contributed by atoms with Gasteiger partial charge in [0.05, 0.1) is 5.71 Å². The van der Waals surface area contributed by atoms with Crippen LogP contribution in [0.2, 0.25) is 0 Å². The van der Waals surface area contributed by atoms with Crippen molar-refractivity contribution in [3.8, 4) is 0 Å². The van der Waals surface area contributed by atoms with Gasteiger partial charge in [-0.3, -0.25) is 9.59 Å². The normalized spacial score (nSPS) is 11.4. The minimum atomic E-state index is -0.273. The fraction of sp³-hybridized carbons (Fsp3) is 0.348. The largest absolute Gasteiger partial charge is 0.326 e. The molecule has 28 heavy (non-hydrogen) atoms. The molecule has 2 aromatic carbocycles. The Morgan fingerprint density at radius 1 is 0.929 bits per heavy atom. The van der Waals surface area contributed by atoms with Crippen molar-refractivity contribution in [2.75, 3.05) is 5.32 Å². The highest BCUT2D eigenvalue weighted by Crippen LogP contribution is 2.12. The Morgan fingerprint density at radius 3 is 2.21 bits per heavy atom. The van der Waals surface area contributed by atoms with E-state index in [2.05, 4.69) is 22.8 Å². The first-order valence-electron chi connectivity index (χ1n) is 9.84. The summed E-state index contributed by atoms with van der Waals surface area (Å²) in [6.45, 7) is 5.83. The Bertz CT molecular complexity index is 796. The fourth-order valence-corrected chi connectivity index (χ4v) is 2.61. The van der Waals surface area contributed by atoms with Crippen LogP contribution in [0, 0.1) is 5.92 Å². The lowest BCUT2D eigenvalue weighted by molar-refractivity contribution is -0.118. The van der Waals surface area contributed by atoms with E-state index in [1.54, 1.807) is 24.3 Å². The molecule has 0 aromatic heterocycles. The summed E-state index contributed by atoms with van der Waals surface area (Å²) in [7, 11) is 0. The summed E-state index contributed by atoms with van der Waals surface area (Å²) >= 11 is 0. The maximum atomic E-state index is 12.4. The fourth-order valence-electron chi connectivity index (χ4n) is 2.61.